The van der Waals surface area contributed by atoms with Gasteiger partial charge in [0.25, 0.3) is 5.91 Å². The van der Waals surface area contributed by atoms with Gasteiger partial charge in [0.15, 0.2) is 18.1 Å². The molecule has 3 aromatic rings. The van der Waals surface area contributed by atoms with E-state index in [4.69, 9.17) is 14.3 Å². The number of carbonyl (C=O) groups is 1. The largest absolute Gasteiger partial charge is 0.486 e. The van der Waals surface area contributed by atoms with Crippen LogP contribution in [0.5, 0.6) is 11.5 Å². The maximum atomic E-state index is 13.1. The van der Waals surface area contributed by atoms with Crippen LogP contribution in [0.3, 0.4) is 0 Å². The van der Waals surface area contributed by atoms with Crippen molar-refractivity contribution in [3.63, 3.8) is 0 Å². The van der Waals surface area contributed by atoms with E-state index in [1.807, 2.05) is 6.92 Å². The molecule has 1 saturated heterocycles. The summed E-state index contributed by atoms with van der Waals surface area (Å²) in [7, 11) is -3.65. The van der Waals surface area contributed by atoms with Gasteiger partial charge in [0.2, 0.25) is 10.0 Å². The summed E-state index contributed by atoms with van der Waals surface area (Å²) in [5.41, 5.74) is 1.35. The van der Waals surface area contributed by atoms with E-state index in [-0.39, 0.29) is 11.5 Å². The van der Waals surface area contributed by atoms with Crippen LogP contribution < -0.4 is 19.6 Å². The number of piperidine rings is 1. The maximum Gasteiger partial charge on any atom is 0.265 e. The molecule has 11 nitrogen and oxygen atoms in total. The third-order valence-electron chi connectivity index (χ3n) is 5.79. The molecule has 1 amide bonds. The summed E-state index contributed by atoms with van der Waals surface area (Å²) < 4.78 is 38.8. The van der Waals surface area contributed by atoms with Crippen molar-refractivity contribution >= 4 is 32.7 Å². The van der Waals surface area contributed by atoms with Crippen LogP contribution in [0.1, 0.15) is 19.8 Å². The minimum absolute atomic E-state index is 0.141. The van der Waals surface area contributed by atoms with Crippen LogP contribution in [-0.2, 0) is 14.8 Å². The average molecular weight is 488 g/mol. The maximum absolute atomic E-state index is 13.1. The smallest absolute Gasteiger partial charge is 0.265 e. The van der Waals surface area contributed by atoms with E-state index in [1.165, 1.54) is 16.4 Å². The molecule has 5 rings (SSSR count). The number of amides is 1. The summed E-state index contributed by atoms with van der Waals surface area (Å²) in [5.74, 6) is 1.07. The average Bonchev–Trinajstić information content (AvgIpc) is 3.25. The zero-order valence-electron chi connectivity index (χ0n) is 18.6. The van der Waals surface area contributed by atoms with E-state index in [9.17, 15) is 13.2 Å². The monoisotopic (exact) mass is 487 g/mol. The Morgan fingerprint density at radius 1 is 1.18 bits per heavy atom. The van der Waals surface area contributed by atoms with E-state index in [2.05, 4.69) is 15.6 Å². The minimum Gasteiger partial charge on any atom is -0.486 e. The van der Waals surface area contributed by atoms with Gasteiger partial charge >= 0.3 is 0 Å². The number of carbonyl (C=O) groups excluding carboxylic acids is 1. The quantitative estimate of drug-likeness (QED) is 0.557. The van der Waals surface area contributed by atoms with Gasteiger partial charge in [-0.2, -0.15) is 4.31 Å². The fourth-order valence-electron chi connectivity index (χ4n) is 4.09. The highest BCUT2D eigenvalue weighted by molar-refractivity contribution is 7.89. The van der Waals surface area contributed by atoms with E-state index in [1.54, 1.807) is 24.3 Å². The Hall–Kier alpha value is -3.38. The topological polar surface area (TPSA) is 125 Å². The fourth-order valence-corrected chi connectivity index (χ4v) is 5.70. The molecule has 2 aromatic carbocycles. The molecule has 12 heteroatoms. The second-order valence-electron chi connectivity index (χ2n) is 8.40. The Morgan fingerprint density at radius 2 is 2.00 bits per heavy atom. The second-order valence-corrected chi connectivity index (χ2v) is 10.3. The lowest BCUT2D eigenvalue weighted by molar-refractivity contribution is -0.121. The molecule has 0 spiro atoms. The normalized spacial score (nSPS) is 18.6. The van der Waals surface area contributed by atoms with Gasteiger partial charge in [0.1, 0.15) is 24.2 Å². The summed E-state index contributed by atoms with van der Waals surface area (Å²) in [6, 6.07) is 9.68. The van der Waals surface area contributed by atoms with Crippen molar-refractivity contribution in [3.8, 4) is 11.5 Å². The number of rotatable bonds is 6. The first-order valence-electron chi connectivity index (χ1n) is 11.1. The summed E-state index contributed by atoms with van der Waals surface area (Å²) in [4.78, 5) is 19.1. The number of aromatic nitrogens is 3. The molecular weight excluding hydrogens is 462 g/mol. The molecule has 2 aliphatic heterocycles. The number of nitrogens with one attached hydrogen (secondary N) is 1. The summed E-state index contributed by atoms with van der Waals surface area (Å²) in [6.45, 7) is 3.62. The Balaban J connectivity index is 1.28. The number of fused-ring (bicyclic) bond motifs is 2. The zero-order chi connectivity index (χ0) is 23.7. The van der Waals surface area contributed by atoms with Crippen LogP contribution in [0.4, 0.5) is 5.69 Å². The minimum atomic E-state index is -3.65. The molecule has 0 bridgehead atoms. The number of hydrogen-bond acceptors (Lipinski definition) is 8. The van der Waals surface area contributed by atoms with Crippen molar-refractivity contribution in [1.82, 2.24) is 19.5 Å². The van der Waals surface area contributed by atoms with Crippen LogP contribution in [0, 0.1) is 5.92 Å². The SMILES string of the molecule is CC1CCCN(S(=O)(=O)c2ccc3nnn(OCC(=O)Nc4ccc5c(c4)OCCO5)c3c2)C1. The van der Waals surface area contributed by atoms with Crippen LogP contribution in [-0.4, -0.2) is 66.7 Å². The number of hydrogen-bond donors (Lipinski definition) is 1. The van der Waals surface area contributed by atoms with Gasteiger partial charge in [-0.3, -0.25) is 4.79 Å². The highest BCUT2D eigenvalue weighted by atomic mass is 32.2. The number of benzene rings is 2. The van der Waals surface area contributed by atoms with Gasteiger partial charge in [0, 0.05) is 24.8 Å². The van der Waals surface area contributed by atoms with Gasteiger partial charge in [-0.15, -0.1) is 5.10 Å². The van der Waals surface area contributed by atoms with Gasteiger partial charge in [-0.25, -0.2) is 8.42 Å². The van der Waals surface area contributed by atoms with Crippen LogP contribution in [0.15, 0.2) is 41.3 Å². The third-order valence-corrected chi connectivity index (χ3v) is 7.65. The lowest BCUT2D eigenvalue weighted by Gasteiger charge is -2.30. The van der Waals surface area contributed by atoms with E-state index in [0.717, 1.165) is 17.7 Å². The molecule has 180 valence electrons. The number of sulfonamides is 1. The molecule has 1 unspecified atom stereocenters. The first-order chi connectivity index (χ1) is 16.4. The molecule has 1 atom stereocenters. The Labute approximate surface area is 196 Å². The number of anilines is 1. The lowest BCUT2D eigenvalue weighted by Crippen LogP contribution is -2.39. The van der Waals surface area contributed by atoms with Crippen LogP contribution in [0.2, 0.25) is 0 Å². The van der Waals surface area contributed by atoms with Crippen molar-refractivity contribution in [2.75, 3.05) is 38.2 Å². The molecule has 3 heterocycles. The zero-order valence-corrected chi connectivity index (χ0v) is 19.5. The first-order valence-corrected chi connectivity index (χ1v) is 12.5. The standard InChI is InChI=1S/C22H25N5O6S/c1-15-3-2-8-26(13-15)34(29,30)17-5-6-18-19(12-17)27(25-24-18)33-14-22(28)23-16-4-7-20-21(11-16)32-10-9-31-20/h4-7,11-12,15H,2-3,8-10,13-14H2,1H3,(H,23,28). The second kappa shape index (κ2) is 9.11. The molecule has 0 aliphatic carbocycles. The van der Waals surface area contributed by atoms with Crippen molar-refractivity contribution in [2.24, 2.45) is 5.92 Å². The van der Waals surface area contributed by atoms with Gasteiger partial charge in [-0.05, 0) is 54.3 Å². The Bertz CT molecular complexity index is 1320. The molecule has 0 radical (unpaired) electrons. The summed E-state index contributed by atoms with van der Waals surface area (Å²) >= 11 is 0. The Morgan fingerprint density at radius 3 is 2.82 bits per heavy atom. The van der Waals surface area contributed by atoms with Crippen LogP contribution in [0.25, 0.3) is 11.0 Å². The highest BCUT2D eigenvalue weighted by Gasteiger charge is 2.29. The molecule has 1 fully saturated rings. The molecule has 0 saturated carbocycles. The molecule has 1 N–H and O–H groups in total. The Kier molecular flexibility index (Phi) is 6.00. The summed E-state index contributed by atoms with van der Waals surface area (Å²) in [6.07, 6.45) is 1.85. The van der Waals surface area contributed by atoms with Crippen LogP contribution >= 0.6 is 0 Å². The molecular formula is C22H25N5O6S. The molecule has 34 heavy (non-hydrogen) atoms. The highest BCUT2D eigenvalue weighted by Crippen LogP contribution is 2.32. The molecule has 1 aromatic heterocycles. The lowest BCUT2D eigenvalue weighted by atomic mass is 10.0. The summed E-state index contributed by atoms with van der Waals surface area (Å²) in [5, 5.41) is 10.6. The predicted octanol–water partition coefficient (Wildman–Crippen LogP) is 1.69. The molecule has 2 aliphatic rings. The number of ether oxygens (including phenoxy) is 2. The van der Waals surface area contributed by atoms with Gasteiger partial charge < -0.3 is 19.6 Å². The van der Waals surface area contributed by atoms with E-state index >= 15 is 0 Å². The fraction of sp³-hybridized carbons (Fsp3) is 0.409. The third kappa shape index (κ3) is 4.50. The van der Waals surface area contributed by atoms with Gasteiger partial charge in [0.05, 0.1) is 4.90 Å². The van der Waals surface area contributed by atoms with Gasteiger partial charge in [-0.1, -0.05) is 11.8 Å². The first kappa shape index (κ1) is 22.4. The van der Waals surface area contributed by atoms with Crippen molar-refractivity contribution < 1.29 is 27.5 Å². The van der Waals surface area contributed by atoms with E-state index in [0.29, 0.717) is 60.4 Å². The number of nitrogens with zero attached hydrogens (tertiary/aromatic N) is 4. The predicted molar refractivity (Wildman–Crippen MR) is 122 cm³/mol. The van der Waals surface area contributed by atoms with Crippen molar-refractivity contribution in [3.05, 3.63) is 36.4 Å². The van der Waals surface area contributed by atoms with E-state index < -0.39 is 15.9 Å². The van der Waals surface area contributed by atoms with Crippen molar-refractivity contribution in [1.29, 1.82) is 0 Å². The van der Waals surface area contributed by atoms with Crippen molar-refractivity contribution in [2.45, 2.75) is 24.7 Å².